The van der Waals surface area contributed by atoms with Gasteiger partial charge in [-0.1, -0.05) is 32.1 Å². The average Bonchev–Trinajstić information content (AvgIpc) is 3.03. The van der Waals surface area contributed by atoms with Crippen molar-refractivity contribution in [2.24, 2.45) is 0 Å². The van der Waals surface area contributed by atoms with E-state index in [0.717, 1.165) is 44.9 Å². The van der Waals surface area contributed by atoms with Crippen LogP contribution in [0.5, 0.6) is 5.75 Å². The normalized spacial score (nSPS) is 11.6. The largest absolute Gasteiger partial charge is 0.494 e. The number of carbonyl (C=O) groups excluding carboxylic acids is 2. The molecule has 0 radical (unpaired) electrons. The van der Waals surface area contributed by atoms with Crippen molar-refractivity contribution < 1.29 is 58.2 Å². The number of unbranched alkanes of at least 4 members (excludes halogenated alkanes) is 6. The molecule has 1 rings (SSSR count). The van der Waals surface area contributed by atoms with Crippen molar-refractivity contribution in [3.8, 4) is 5.75 Å². The maximum absolute atomic E-state index is 11.7. The van der Waals surface area contributed by atoms with Crippen LogP contribution in [0.15, 0.2) is 24.3 Å². The quantitative estimate of drug-likeness (QED) is 0.0490. The van der Waals surface area contributed by atoms with E-state index in [9.17, 15) is 24.3 Å². The number of carboxylic acids is 2. The summed E-state index contributed by atoms with van der Waals surface area (Å²) in [6.07, 6.45) is 7.54. The molecular weight excluding hydrogens is 606 g/mol. The molecule has 262 valence electrons. The zero-order valence-electron chi connectivity index (χ0n) is 26.5. The van der Waals surface area contributed by atoms with Gasteiger partial charge in [0.15, 0.2) is 0 Å². The molecule has 0 aliphatic rings. The molecule has 0 saturated carbocycles. The lowest BCUT2D eigenvalue weighted by Crippen LogP contribution is -2.33. The molecular formula is C31H51N3O12. The molecule has 0 heterocycles. The number of nitrogens with one attached hydrogen (secondary N) is 3. The molecule has 0 saturated heterocycles. The van der Waals surface area contributed by atoms with Gasteiger partial charge in [0.05, 0.1) is 51.8 Å². The first kappa shape index (κ1) is 40.7. The van der Waals surface area contributed by atoms with E-state index in [2.05, 4.69) is 16.0 Å². The third kappa shape index (κ3) is 24.9. The second-order valence-electron chi connectivity index (χ2n) is 10.3. The minimum absolute atomic E-state index is 0.101. The predicted octanol–water partition coefficient (Wildman–Crippen LogP) is 1.18. The van der Waals surface area contributed by atoms with E-state index in [-0.39, 0.29) is 51.1 Å². The molecule has 15 nitrogen and oxygen atoms in total. The smallest absolute Gasteiger partial charge is 0.335 e. The number of hydrogen-bond donors (Lipinski definition) is 6. The fraction of sp³-hybridized carbons (Fsp3) is 0.677. The van der Waals surface area contributed by atoms with Crippen LogP contribution in [0.4, 0.5) is 0 Å². The number of carboxylic acid groups (broad SMARTS) is 2. The number of hydrogen-bond acceptors (Lipinski definition) is 11. The Morgan fingerprint density at radius 1 is 0.630 bits per heavy atom. The summed E-state index contributed by atoms with van der Waals surface area (Å²) in [6.45, 7) is 2.24. The van der Waals surface area contributed by atoms with Crippen molar-refractivity contribution in [1.82, 2.24) is 16.0 Å². The molecule has 2 amide bonds. The minimum Gasteiger partial charge on any atom is -0.494 e. The number of carbonyl (C=O) groups is 4. The van der Waals surface area contributed by atoms with Gasteiger partial charge in [0.1, 0.15) is 31.7 Å². The molecule has 15 heteroatoms. The molecule has 0 fully saturated rings. The number of benzene rings is 1. The van der Waals surface area contributed by atoms with Gasteiger partial charge in [0.2, 0.25) is 11.8 Å². The molecule has 0 aliphatic heterocycles. The van der Waals surface area contributed by atoms with E-state index >= 15 is 0 Å². The highest BCUT2D eigenvalue weighted by molar-refractivity contribution is 5.87. The molecule has 1 atom stereocenters. The van der Waals surface area contributed by atoms with Crippen LogP contribution in [-0.2, 0) is 33.3 Å². The summed E-state index contributed by atoms with van der Waals surface area (Å²) in [7, 11) is 0. The third-order valence-corrected chi connectivity index (χ3v) is 6.33. The lowest BCUT2D eigenvalue weighted by atomic mass is 10.1. The lowest BCUT2D eigenvalue weighted by Gasteiger charge is -2.13. The first-order chi connectivity index (χ1) is 22.3. The topological polar surface area (TPSA) is 211 Å². The summed E-state index contributed by atoms with van der Waals surface area (Å²) in [5.41, 5.74) is 0.247. The highest BCUT2D eigenvalue weighted by atomic mass is 16.5. The van der Waals surface area contributed by atoms with E-state index < -0.39 is 30.6 Å². The van der Waals surface area contributed by atoms with Gasteiger partial charge >= 0.3 is 11.9 Å². The summed E-state index contributed by atoms with van der Waals surface area (Å²) < 4.78 is 26.7. The summed E-state index contributed by atoms with van der Waals surface area (Å²) >= 11 is 0. The molecule has 6 N–H and O–H groups in total. The first-order valence-electron chi connectivity index (χ1n) is 15.7. The zero-order chi connectivity index (χ0) is 33.7. The van der Waals surface area contributed by atoms with E-state index in [1.807, 2.05) is 0 Å². The van der Waals surface area contributed by atoms with E-state index in [0.29, 0.717) is 45.1 Å². The molecule has 46 heavy (non-hydrogen) atoms. The standard InChI is InChI=1S/C31H51N3O12/c35-27(8-6-4-2-1-3-5-7-15-46-26-11-9-25(10-12-26)31(40)41)32-13-16-42-18-20-44-23-28(36)33-14-17-43-19-21-45-24-29(37)34-22-30(38)39/h9-12,27,32,35H,1-8,13-24H2,(H,33,36)(H,34,37)(H,38,39)(H,40,41). The third-order valence-electron chi connectivity index (χ3n) is 6.33. The highest BCUT2D eigenvalue weighted by Crippen LogP contribution is 2.14. The van der Waals surface area contributed by atoms with Gasteiger partial charge in [0, 0.05) is 13.1 Å². The van der Waals surface area contributed by atoms with Gasteiger partial charge in [-0.15, -0.1) is 0 Å². The molecule has 1 aromatic rings. The van der Waals surface area contributed by atoms with Gasteiger partial charge in [-0.2, -0.15) is 0 Å². The summed E-state index contributed by atoms with van der Waals surface area (Å²) in [6, 6.07) is 6.42. The predicted molar refractivity (Wildman–Crippen MR) is 167 cm³/mol. The van der Waals surface area contributed by atoms with Crippen LogP contribution in [-0.4, -0.2) is 124 Å². The van der Waals surface area contributed by atoms with Gasteiger partial charge in [-0.05, 0) is 43.5 Å². The molecule has 1 unspecified atom stereocenters. The van der Waals surface area contributed by atoms with Gasteiger partial charge in [-0.3, -0.25) is 19.7 Å². The number of aliphatic hydroxyl groups is 1. The van der Waals surface area contributed by atoms with E-state index in [1.165, 1.54) is 12.1 Å². The van der Waals surface area contributed by atoms with Crippen molar-refractivity contribution in [3.05, 3.63) is 29.8 Å². The minimum atomic E-state index is -1.13. The van der Waals surface area contributed by atoms with Crippen LogP contribution in [0.3, 0.4) is 0 Å². The van der Waals surface area contributed by atoms with Crippen molar-refractivity contribution >= 4 is 23.8 Å². The SMILES string of the molecule is O=C(O)CNC(=O)COCCOCCNC(=O)COCCOCCNC(O)CCCCCCCCCOc1ccc(C(=O)O)cc1. The number of ether oxygens (including phenoxy) is 5. The Balaban J connectivity index is 1.79. The molecule has 0 aromatic heterocycles. The second kappa shape index (κ2) is 27.9. The van der Waals surface area contributed by atoms with Crippen LogP contribution < -0.4 is 20.7 Å². The van der Waals surface area contributed by atoms with Crippen molar-refractivity contribution in [1.29, 1.82) is 0 Å². The van der Waals surface area contributed by atoms with Crippen LogP contribution in [0.25, 0.3) is 0 Å². The van der Waals surface area contributed by atoms with Crippen LogP contribution >= 0.6 is 0 Å². The van der Waals surface area contributed by atoms with E-state index in [1.54, 1.807) is 12.1 Å². The number of aliphatic hydroxyl groups excluding tert-OH is 1. The first-order valence-corrected chi connectivity index (χ1v) is 15.7. The number of rotatable bonds is 31. The Morgan fingerprint density at radius 3 is 1.78 bits per heavy atom. The van der Waals surface area contributed by atoms with Gasteiger partial charge < -0.3 is 49.6 Å². The maximum Gasteiger partial charge on any atom is 0.335 e. The summed E-state index contributed by atoms with van der Waals surface area (Å²) in [5, 5.41) is 35.3. The molecule has 1 aromatic carbocycles. The van der Waals surface area contributed by atoms with Crippen molar-refractivity contribution in [2.75, 3.05) is 79.1 Å². The zero-order valence-corrected chi connectivity index (χ0v) is 26.5. The monoisotopic (exact) mass is 657 g/mol. The molecule has 0 bridgehead atoms. The molecule has 0 aliphatic carbocycles. The van der Waals surface area contributed by atoms with Crippen molar-refractivity contribution in [3.63, 3.8) is 0 Å². The number of aromatic carboxylic acids is 1. The molecule has 0 spiro atoms. The van der Waals surface area contributed by atoms with E-state index in [4.69, 9.17) is 33.9 Å². The lowest BCUT2D eigenvalue weighted by molar-refractivity contribution is -0.138. The summed E-state index contributed by atoms with van der Waals surface area (Å²) in [5.74, 6) is -2.21. The van der Waals surface area contributed by atoms with Crippen LogP contribution in [0.2, 0.25) is 0 Å². The van der Waals surface area contributed by atoms with Gasteiger partial charge in [-0.25, -0.2) is 4.79 Å². The Kier molecular flexibility index (Phi) is 24.7. The Hall–Kier alpha value is -3.34. The van der Waals surface area contributed by atoms with Gasteiger partial charge in [0.25, 0.3) is 0 Å². The Morgan fingerprint density at radius 2 is 1.17 bits per heavy atom. The fourth-order valence-electron chi connectivity index (χ4n) is 3.92. The average molecular weight is 658 g/mol. The van der Waals surface area contributed by atoms with Crippen LogP contribution in [0, 0.1) is 0 Å². The van der Waals surface area contributed by atoms with Crippen LogP contribution in [0.1, 0.15) is 61.7 Å². The Bertz CT molecular complexity index is 965. The number of aliphatic carboxylic acids is 1. The van der Waals surface area contributed by atoms with Crippen molar-refractivity contribution in [2.45, 2.75) is 57.6 Å². The number of amides is 2. The second-order valence-corrected chi connectivity index (χ2v) is 10.3. The Labute approximate surface area is 270 Å². The highest BCUT2D eigenvalue weighted by Gasteiger charge is 2.06. The maximum atomic E-state index is 11.7. The summed E-state index contributed by atoms with van der Waals surface area (Å²) in [4.78, 5) is 44.2. The fourth-order valence-corrected chi connectivity index (χ4v) is 3.92.